The number of fused-ring (bicyclic) bond motifs is 1. The zero-order valence-corrected chi connectivity index (χ0v) is 6.31. The number of aromatic nitrogens is 3. The largest absolute Gasteiger partial charge is 0.230 e. The third-order valence-corrected chi connectivity index (χ3v) is 1.64. The summed E-state index contributed by atoms with van der Waals surface area (Å²) in [7, 11) is 0. The summed E-state index contributed by atoms with van der Waals surface area (Å²) >= 11 is 0. The Labute approximate surface area is 69.0 Å². The van der Waals surface area contributed by atoms with Crippen molar-refractivity contribution in [2.24, 2.45) is 0 Å². The Bertz CT molecular complexity index is 437. The predicted octanol–water partition coefficient (Wildman–Crippen LogP) is 0.955. The molecule has 1 aromatic heterocycles. The van der Waals surface area contributed by atoms with Crippen molar-refractivity contribution in [3.63, 3.8) is 0 Å². The van der Waals surface area contributed by atoms with E-state index in [4.69, 9.17) is 5.26 Å². The van der Waals surface area contributed by atoms with Gasteiger partial charge in [-0.05, 0) is 12.1 Å². The minimum atomic E-state index is 0.251. The molecule has 12 heavy (non-hydrogen) atoms. The topological polar surface area (TPSA) is 54.5 Å². The molecule has 0 amide bonds. The normalized spacial score (nSPS) is 9.92. The lowest BCUT2D eigenvalue weighted by atomic mass is 10.3. The number of para-hydroxylation sites is 1. The Balaban J connectivity index is 2.64. The van der Waals surface area contributed by atoms with E-state index in [-0.39, 0.29) is 6.54 Å². The Hall–Kier alpha value is -1.89. The van der Waals surface area contributed by atoms with E-state index in [1.807, 2.05) is 30.3 Å². The predicted molar refractivity (Wildman–Crippen MR) is 43.1 cm³/mol. The van der Waals surface area contributed by atoms with Crippen molar-refractivity contribution in [2.45, 2.75) is 6.54 Å². The Morgan fingerprint density at radius 1 is 1.42 bits per heavy atom. The van der Waals surface area contributed by atoms with E-state index in [1.165, 1.54) is 0 Å². The average Bonchev–Trinajstić information content (AvgIpc) is 2.50. The summed E-state index contributed by atoms with van der Waals surface area (Å²) in [6.07, 6.45) is 0. The number of rotatable bonds is 1. The Kier molecular flexibility index (Phi) is 1.49. The maximum Gasteiger partial charge on any atom is 0.130 e. The molecule has 4 heteroatoms. The van der Waals surface area contributed by atoms with Gasteiger partial charge < -0.3 is 0 Å². The second-order valence-corrected chi connectivity index (χ2v) is 2.39. The second kappa shape index (κ2) is 2.62. The van der Waals surface area contributed by atoms with Crippen LogP contribution in [0.25, 0.3) is 11.0 Å². The summed E-state index contributed by atoms with van der Waals surface area (Å²) in [5, 5.41) is 16.2. The van der Waals surface area contributed by atoms with Crippen molar-refractivity contribution in [1.29, 1.82) is 5.26 Å². The van der Waals surface area contributed by atoms with Gasteiger partial charge >= 0.3 is 0 Å². The van der Waals surface area contributed by atoms with E-state index in [1.54, 1.807) is 4.68 Å². The van der Waals surface area contributed by atoms with E-state index in [2.05, 4.69) is 10.3 Å². The fourth-order valence-electron chi connectivity index (χ4n) is 1.10. The number of hydrogen-bond acceptors (Lipinski definition) is 3. The van der Waals surface area contributed by atoms with Crippen LogP contribution in [0.3, 0.4) is 0 Å². The van der Waals surface area contributed by atoms with Crippen LogP contribution in [0.4, 0.5) is 0 Å². The van der Waals surface area contributed by atoms with Crippen molar-refractivity contribution >= 4 is 11.0 Å². The standard InChI is InChI=1S/C8H6N4/c9-5-6-12-8-4-2-1-3-7(8)10-11-12/h1-4H,6H2. The van der Waals surface area contributed by atoms with E-state index in [9.17, 15) is 0 Å². The highest BCUT2D eigenvalue weighted by molar-refractivity contribution is 5.73. The summed E-state index contributed by atoms with van der Waals surface area (Å²) < 4.78 is 1.58. The van der Waals surface area contributed by atoms with Gasteiger partial charge in [0.05, 0.1) is 11.6 Å². The van der Waals surface area contributed by atoms with Crippen LogP contribution in [0.2, 0.25) is 0 Å². The molecular formula is C8H6N4. The molecule has 0 radical (unpaired) electrons. The molecule has 1 aromatic carbocycles. The maximum absolute atomic E-state index is 8.46. The molecular weight excluding hydrogens is 152 g/mol. The molecule has 58 valence electrons. The highest BCUT2D eigenvalue weighted by Crippen LogP contribution is 2.08. The van der Waals surface area contributed by atoms with Gasteiger partial charge in [-0.3, -0.25) is 0 Å². The van der Waals surface area contributed by atoms with Crippen molar-refractivity contribution < 1.29 is 0 Å². The first-order valence-corrected chi connectivity index (χ1v) is 3.57. The van der Waals surface area contributed by atoms with Crippen LogP contribution in [0.1, 0.15) is 0 Å². The smallest absolute Gasteiger partial charge is 0.130 e. The van der Waals surface area contributed by atoms with Crippen LogP contribution in [0, 0.1) is 11.3 Å². The number of nitriles is 1. The van der Waals surface area contributed by atoms with Crippen molar-refractivity contribution in [1.82, 2.24) is 15.0 Å². The molecule has 0 fully saturated rings. The van der Waals surface area contributed by atoms with Crippen LogP contribution >= 0.6 is 0 Å². The molecule has 4 nitrogen and oxygen atoms in total. The fraction of sp³-hybridized carbons (Fsp3) is 0.125. The molecule has 0 atom stereocenters. The molecule has 0 unspecified atom stereocenters. The molecule has 2 rings (SSSR count). The molecule has 1 heterocycles. The first-order chi connectivity index (χ1) is 5.92. The molecule has 2 aromatic rings. The minimum absolute atomic E-state index is 0.251. The summed E-state index contributed by atoms with van der Waals surface area (Å²) in [5.41, 5.74) is 1.73. The first-order valence-electron chi connectivity index (χ1n) is 3.57. The van der Waals surface area contributed by atoms with Crippen LogP contribution < -0.4 is 0 Å². The first kappa shape index (κ1) is 6.80. The van der Waals surface area contributed by atoms with Gasteiger partial charge in [-0.25, -0.2) is 4.68 Å². The molecule has 0 aliphatic carbocycles. The number of benzene rings is 1. The fourth-order valence-corrected chi connectivity index (χ4v) is 1.10. The summed E-state index contributed by atoms with van der Waals surface area (Å²) in [6.45, 7) is 0.251. The summed E-state index contributed by atoms with van der Waals surface area (Å²) in [5.74, 6) is 0. The van der Waals surface area contributed by atoms with Crippen LogP contribution in [0.5, 0.6) is 0 Å². The highest BCUT2D eigenvalue weighted by atomic mass is 15.4. The van der Waals surface area contributed by atoms with E-state index >= 15 is 0 Å². The van der Waals surface area contributed by atoms with Crippen LogP contribution in [-0.4, -0.2) is 15.0 Å². The third-order valence-electron chi connectivity index (χ3n) is 1.64. The third kappa shape index (κ3) is 0.920. The maximum atomic E-state index is 8.46. The van der Waals surface area contributed by atoms with Gasteiger partial charge in [0, 0.05) is 0 Å². The molecule has 0 saturated carbocycles. The SMILES string of the molecule is N#CCn1nnc2ccccc21. The van der Waals surface area contributed by atoms with Gasteiger partial charge in [0.25, 0.3) is 0 Å². The zero-order chi connectivity index (χ0) is 8.39. The zero-order valence-electron chi connectivity index (χ0n) is 6.31. The van der Waals surface area contributed by atoms with Gasteiger partial charge in [-0.15, -0.1) is 5.10 Å². The van der Waals surface area contributed by atoms with Gasteiger partial charge in [-0.1, -0.05) is 17.3 Å². The molecule has 0 bridgehead atoms. The number of nitrogens with zero attached hydrogens (tertiary/aromatic N) is 4. The molecule has 0 spiro atoms. The average molecular weight is 158 g/mol. The van der Waals surface area contributed by atoms with Crippen LogP contribution in [0.15, 0.2) is 24.3 Å². The highest BCUT2D eigenvalue weighted by Gasteiger charge is 2.00. The monoisotopic (exact) mass is 158 g/mol. The van der Waals surface area contributed by atoms with E-state index in [0.29, 0.717) is 0 Å². The van der Waals surface area contributed by atoms with Gasteiger partial charge in [0.1, 0.15) is 12.1 Å². The lowest BCUT2D eigenvalue weighted by Crippen LogP contribution is -1.96. The lowest BCUT2D eigenvalue weighted by molar-refractivity contribution is 0.689. The molecule has 0 saturated heterocycles. The number of hydrogen-bond donors (Lipinski definition) is 0. The molecule has 0 aliphatic heterocycles. The van der Waals surface area contributed by atoms with Crippen LogP contribution in [-0.2, 0) is 6.54 Å². The van der Waals surface area contributed by atoms with Crippen molar-refractivity contribution in [2.75, 3.05) is 0 Å². The van der Waals surface area contributed by atoms with E-state index in [0.717, 1.165) is 11.0 Å². The van der Waals surface area contributed by atoms with Crippen molar-refractivity contribution in [3.8, 4) is 6.07 Å². The molecule has 0 aliphatic rings. The molecule has 0 N–H and O–H groups in total. The Morgan fingerprint density at radius 2 is 2.25 bits per heavy atom. The van der Waals surface area contributed by atoms with E-state index < -0.39 is 0 Å². The summed E-state index contributed by atoms with van der Waals surface area (Å²) in [4.78, 5) is 0. The van der Waals surface area contributed by atoms with Gasteiger partial charge in [0.2, 0.25) is 0 Å². The summed E-state index contributed by atoms with van der Waals surface area (Å²) in [6, 6.07) is 9.59. The Morgan fingerprint density at radius 3 is 3.08 bits per heavy atom. The van der Waals surface area contributed by atoms with Gasteiger partial charge in [-0.2, -0.15) is 5.26 Å². The minimum Gasteiger partial charge on any atom is -0.230 e. The quantitative estimate of drug-likeness (QED) is 0.621. The van der Waals surface area contributed by atoms with Crippen molar-refractivity contribution in [3.05, 3.63) is 24.3 Å². The lowest BCUT2D eigenvalue weighted by Gasteiger charge is -1.91. The second-order valence-electron chi connectivity index (χ2n) is 2.39. The van der Waals surface area contributed by atoms with Gasteiger partial charge in [0.15, 0.2) is 0 Å².